The minimum atomic E-state index is -3.63. The highest BCUT2D eigenvalue weighted by Gasteiger charge is 2.36. The molecule has 4 nitrogen and oxygen atoms in total. The Hall–Kier alpha value is -1.14. The molecule has 1 saturated heterocycles. The predicted molar refractivity (Wildman–Crippen MR) is 72.6 cm³/mol. The van der Waals surface area contributed by atoms with Crippen LogP contribution >= 0.6 is 0 Å². The van der Waals surface area contributed by atoms with E-state index < -0.39 is 15.8 Å². The van der Waals surface area contributed by atoms with Crippen LogP contribution in [0.2, 0.25) is 0 Å². The summed E-state index contributed by atoms with van der Waals surface area (Å²) in [6, 6.07) is 3.65. The Morgan fingerprint density at radius 3 is 2.68 bits per heavy atom. The number of nitrogens with two attached hydrogens (primary N) is 1. The van der Waals surface area contributed by atoms with E-state index in [0.717, 1.165) is 18.9 Å². The molecule has 19 heavy (non-hydrogen) atoms. The standard InChI is InChI=1S/C13H19FN2O2S/c1-9(2)13-4-3-7-16(13)19(17,18)10-5-6-12(15)11(14)8-10/h5-6,8-9,13H,3-4,7,15H2,1-2H3. The molecule has 2 N–H and O–H groups in total. The fourth-order valence-electron chi connectivity index (χ4n) is 2.53. The molecule has 1 aromatic carbocycles. The molecule has 0 bridgehead atoms. The molecule has 0 spiro atoms. The second-order valence-electron chi connectivity index (χ2n) is 5.25. The van der Waals surface area contributed by atoms with Crippen molar-refractivity contribution in [1.82, 2.24) is 4.31 Å². The first-order valence-electron chi connectivity index (χ1n) is 6.41. The van der Waals surface area contributed by atoms with Gasteiger partial charge in [-0.25, -0.2) is 12.8 Å². The summed E-state index contributed by atoms with van der Waals surface area (Å²) in [4.78, 5) is -0.0215. The molecule has 1 atom stereocenters. The summed E-state index contributed by atoms with van der Waals surface area (Å²) in [6.07, 6.45) is 1.70. The van der Waals surface area contributed by atoms with Gasteiger partial charge in [-0.05, 0) is 37.0 Å². The van der Waals surface area contributed by atoms with Crippen molar-refractivity contribution in [1.29, 1.82) is 0 Å². The summed E-state index contributed by atoms with van der Waals surface area (Å²) in [5.74, 6) is -0.447. The number of sulfonamides is 1. The van der Waals surface area contributed by atoms with Crippen LogP contribution in [0.4, 0.5) is 10.1 Å². The number of halogens is 1. The Morgan fingerprint density at radius 1 is 1.42 bits per heavy atom. The molecule has 6 heteroatoms. The molecule has 106 valence electrons. The van der Waals surface area contributed by atoms with E-state index in [1.165, 1.54) is 16.4 Å². The van der Waals surface area contributed by atoms with Crippen LogP contribution in [-0.2, 0) is 10.0 Å². The van der Waals surface area contributed by atoms with Crippen molar-refractivity contribution in [3.63, 3.8) is 0 Å². The first kappa shape index (κ1) is 14.3. The number of hydrogen-bond acceptors (Lipinski definition) is 3. The molecule has 1 heterocycles. The van der Waals surface area contributed by atoms with Crippen LogP contribution < -0.4 is 5.73 Å². The van der Waals surface area contributed by atoms with E-state index in [1.54, 1.807) is 0 Å². The molecule has 0 amide bonds. The van der Waals surface area contributed by atoms with Crippen molar-refractivity contribution in [3.8, 4) is 0 Å². The van der Waals surface area contributed by atoms with E-state index in [0.29, 0.717) is 6.54 Å². The van der Waals surface area contributed by atoms with Crippen molar-refractivity contribution < 1.29 is 12.8 Å². The molecular formula is C13H19FN2O2S. The lowest BCUT2D eigenvalue weighted by atomic mass is 10.0. The largest absolute Gasteiger partial charge is 0.396 e. The van der Waals surface area contributed by atoms with Gasteiger partial charge in [-0.15, -0.1) is 0 Å². The van der Waals surface area contributed by atoms with E-state index in [1.807, 2.05) is 13.8 Å². The van der Waals surface area contributed by atoms with Gasteiger partial charge in [0.25, 0.3) is 0 Å². The van der Waals surface area contributed by atoms with Crippen molar-refractivity contribution in [2.45, 2.75) is 37.6 Å². The SMILES string of the molecule is CC(C)C1CCCN1S(=O)(=O)c1ccc(N)c(F)c1. The molecule has 0 saturated carbocycles. The summed E-state index contributed by atoms with van der Waals surface area (Å²) in [5, 5.41) is 0. The average molecular weight is 286 g/mol. The van der Waals surface area contributed by atoms with Crippen LogP contribution in [0.3, 0.4) is 0 Å². The summed E-state index contributed by atoms with van der Waals surface area (Å²) in [7, 11) is -3.63. The van der Waals surface area contributed by atoms with Crippen molar-refractivity contribution in [3.05, 3.63) is 24.0 Å². The highest BCUT2D eigenvalue weighted by Crippen LogP contribution is 2.30. The van der Waals surface area contributed by atoms with Gasteiger partial charge in [0.05, 0.1) is 10.6 Å². The zero-order valence-electron chi connectivity index (χ0n) is 11.1. The Labute approximate surface area is 113 Å². The quantitative estimate of drug-likeness (QED) is 0.867. The van der Waals surface area contributed by atoms with Gasteiger partial charge in [-0.1, -0.05) is 13.8 Å². The van der Waals surface area contributed by atoms with Gasteiger partial charge >= 0.3 is 0 Å². The zero-order valence-corrected chi connectivity index (χ0v) is 12.0. The first-order valence-corrected chi connectivity index (χ1v) is 7.85. The number of nitrogens with zero attached hydrogens (tertiary/aromatic N) is 1. The van der Waals surface area contributed by atoms with Crippen molar-refractivity contribution in [2.75, 3.05) is 12.3 Å². The van der Waals surface area contributed by atoms with Crippen LogP contribution in [0.25, 0.3) is 0 Å². The maximum absolute atomic E-state index is 13.4. The Balaban J connectivity index is 2.39. The molecule has 0 aliphatic carbocycles. The molecule has 1 aliphatic heterocycles. The van der Waals surface area contributed by atoms with Gasteiger partial charge in [-0.2, -0.15) is 4.31 Å². The topological polar surface area (TPSA) is 63.4 Å². The van der Waals surface area contributed by atoms with Gasteiger partial charge < -0.3 is 5.73 Å². The van der Waals surface area contributed by atoms with Crippen molar-refractivity contribution in [2.24, 2.45) is 5.92 Å². The maximum Gasteiger partial charge on any atom is 0.243 e. The Bertz CT molecular complexity index is 572. The second kappa shape index (κ2) is 5.09. The number of nitrogen functional groups attached to an aromatic ring is 1. The third-order valence-corrected chi connectivity index (χ3v) is 5.52. The van der Waals surface area contributed by atoms with E-state index in [2.05, 4.69) is 0 Å². The number of anilines is 1. The lowest BCUT2D eigenvalue weighted by Crippen LogP contribution is -2.38. The maximum atomic E-state index is 13.4. The smallest absolute Gasteiger partial charge is 0.243 e. The average Bonchev–Trinajstić information content (AvgIpc) is 2.82. The zero-order chi connectivity index (χ0) is 14.2. The third-order valence-electron chi connectivity index (χ3n) is 3.60. The first-order chi connectivity index (χ1) is 8.84. The van der Waals surface area contributed by atoms with E-state index in [9.17, 15) is 12.8 Å². The summed E-state index contributed by atoms with van der Waals surface area (Å²) in [5.41, 5.74) is 5.34. The predicted octanol–water partition coefficient (Wildman–Crippen LogP) is 2.22. The van der Waals surface area contributed by atoms with Gasteiger partial charge in [0.2, 0.25) is 10.0 Å². The van der Waals surface area contributed by atoms with Crippen molar-refractivity contribution >= 4 is 15.7 Å². The molecule has 0 radical (unpaired) electrons. The van der Waals surface area contributed by atoms with Crippen LogP contribution in [0, 0.1) is 11.7 Å². The fourth-order valence-corrected chi connectivity index (χ4v) is 4.37. The monoisotopic (exact) mass is 286 g/mol. The number of rotatable bonds is 3. The fraction of sp³-hybridized carbons (Fsp3) is 0.538. The molecule has 1 aliphatic rings. The van der Waals surface area contributed by atoms with E-state index >= 15 is 0 Å². The molecule has 1 fully saturated rings. The van der Waals surface area contributed by atoms with E-state index in [-0.39, 0.29) is 22.5 Å². The van der Waals surface area contributed by atoms with Crippen LogP contribution in [0.5, 0.6) is 0 Å². The van der Waals surface area contributed by atoms with Crippen LogP contribution in [-0.4, -0.2) is 25.3 Å². The third kappa shape index (κ3) is 2.60. The minimum absolute atomic E-state index is 0.00869. The van der Waals surface area contributed by atoms with Crippen LogP contribution in [0.1, 0.15) is 26.7 Å². The lowest BCUT2D eigenvalue weighted by molar-refractivity contribution is 0.315. The second-order valence-corrected chi connectivity index (χ2v) is 7.14. The molecule has 2 rings (SSSR count). The van der Waals surface area contributed by atoms with Gasteiger partial charge in [0.15, 0.2) is 0 Å². The summed E-state index contributed by atoms with van der Waals surface area (Å²) in [6.45, 7) is 4.50. The van der Waals surface area contributed by atoms with Crippen LogP contribution in [0.15, 0.2) is 23.1 Å². The Morgan fingerprint density at radius 2 is 2.11 bits per heavy atom. The molecular weight excluding hydrogens is 267 g/mol. The highest BCUT2D eigenvalue weighted by molar-refractivity contribution is 7.89. The summed E-state index contributed by atoms with van der Waals surface area (Å²) >= 11 is 0. The molecule has 1 unspecified atom stereocenters. The Kier molecular flexibility index (Phi) is 3.82. The van der Waals surface area contributed by atoms with Gasteiger partial charge in [-0.3, -0.25) is 0 Å². The summed E-state index contributed by atoms with van der Waals surface area (Å²) < 4.78 is 40.0. The highest BCUT2D eigenvalue weighted by atomic mass is 32.2. The normalized spacial score (nSPS) is 21.2. The van der Waals surface area contributed by atoms with E-state index in [4.69, 9.17) is 5.73 Å². The number of benzene rings is 1. The molecule has 0 aromatic heterocycles. The van der Waals surface area contributed by atoms with Gasteiger partial charge in [0, 0.05) is 12.6 Å². The number of hydrogen-bond donors (Lipinski definition) is 1. The minimum Gasteiger partial charge on any atom is -0.396 e. The molecule has 1 aromatic rings. The van der Waals surface area contributed by atoms with Gasteiger partial charge in [0.1, 0.15) is 5.82 Å². The lowest BCUT2D eigenvalue weighted by Gasteiger charge is -2.26.